The summed E-state index contributed by atoms with van der Waals surface area (Å²) in [4.78, 5) is 6.87. The first kappa shape index (κ1) is 12.4. The van der Waals surface area contributed by atoms with Crippen molar-refractivity contribution >= 4 is 0 Å². The van der Waals surface area contributed by atoms with Gasteiger partial charge in [0, 0.05) is 38.6 Å². The van der Waals surface area contributed by atoms with Crippen molar-refractivity contribution in [1.29, 1.82) is 0 Å². The SMILES string of the molecule is CNCc1cccc(CN2CCn3ccnc3C2)c1. The van der Waals surface area contributed by atoms with Gasteiger partial charge in [-0.05, 0) is 18.2 Å². The van der Waals surface area contributed by atoms with Gasteiger partial charge in [0.25, 0.3) is 0 Å². The van der Waals surface area contributed by atoms with Crippen molar-refractivity contribution in [3.63, 3.8) is 0 Å². The number of fused-ring (bicyclic) bond motifs is 1. The first-order valence-electron chi connectivity index (χ1n) is 6.80. The van der Waals surface area contributed by atoms with Gasteiger partial charge in [-0.25, -0.2) is 4.98 Å². The van der Waals surface area contributed by atoms with Crippen LogP contribution in [-0.4, -0.2) is 28.0 Å². The van der Waals surface area contributed by atoms with Crippen molar-refractivity contribution < 1.29 is 0 Å². The van der Waals surface area contributed by atoms with Crippen LogP contribution in [0, 0.1) is 0 Å². The van der Waals surface area contributed by atoms with Crippen LogP contribution in [0.25, 0.3) is 0 Å². The molecule has 0 bridgehead atoms. The third kappa shape index (κ3) is 2.85. The van der Waals surface area contributed by atoms with Crippen molar-refractivity contribution in [2.45, 2.75) is 26.2 Å². The Bertz CT molecular complexity index is 547. The van der Waals surface area contributed by atoms with E-state index in [0.717, 1.165) is 32.7 Å². The van der Waals surface area contributed by atoms with E-state index in [1.165, 1.54) is 17.0 Å². The van der Waals surface area contributed by atoms with Crippen LogP contribution in [0.4, 0.5) is 0 Å². The monoisotopic (exact) mass is 256 g/mol. The number of nitrogens with zero attached hydrogens (tertiary/aromatic N) is 3. The Morgan fingerprint density at radius 1 is 1.26 bits per heavy atom. The molecule has 1 aliphatic heterocycles. The van der Waals surface area contributed by atoms with Crippen LogP contribution in [0.1, 0.15) is 17.0 Å². The van der Waals surface area contributed by atoms with E-state index in [2.05, 4.69) is 50.2 Å². The molecular weight excluding hydrogens is 236 g/mol. The Morgan fingerprint density at radius 2 is 2.16 bits per heavy atom. The van der Waals surface area contributed by atoms with Crippen LogP contribution >= 0.6 is 0 Å². The number of nitrogens with one attached hydrogen (secondary N) is 1. The van der Waals surface area contributed by atoms with Crippen LogP contribution in [0.3, 0.4) is 0 Å². The number of hydrogen-bond donors (Lipinski definition) is 1. The molecule has 1 aromatic carbocycles. The first-order chi connectivity index (χ1) is 9.35. The van der Waals surface area contributed by atoms with Gasteiger partial charge in [-0.2, -0.15) is 0 Å². The number of hydrogen-bond acceptors (Lipinski definition) is 3. The predicted molar refractivity (Wildman–Crippen MR) is 75.5 cm³/mol. The minimum Gasteiger partial charge on any atom is -0.333 e. The Morgan fingerprint density at radius 3 is 3.05 bits per heavy atom. The molecule has 0 fully saturated rings. The van der Waals surface area contributed by atoms with E-state index in [1.54, 1.807) is 0 Å². The molecule has 0 spiro atoms. The average molecular weight is 256 g/mol. The second-order valence-electron chi connectivity index (χ2n) is 5.10. The van der Waals surface area contributed by atoms with Crippen molar-refractivity contribution in [2.24, 2.45) is 0 Å². The predicted octanol–water partition coefficient (Wildman–Crippen LogP) is 1.62. The lowest BCUT2D eigenvalue weighted by atomic mass is 10.1. The molecule has 2 aromatic rings. The van der Waals surface area contributed by atoms with Crippen molar-refractivity contribution in [2.75, 3.05) is 13.6 Å². The van der Waals surface area contributed by atoms with E-state index in [0.29, 0.717) is 0 Å². The van der Waals surface area contributed by atoms with Gasteiger partial charge in [-0.15, -0.1) is 0 Å². The van der Waals surface area contributed by atoms with Crippen LogP contribution in [0.5, 0.6) is 0 Å². The minimum absolute atomic E-state index is 0.929. The first-order valence-corrected chi connectivity index (χ1v) is 6.80. The van der Waals surface area contributed by atoms with E-state index < -0.39 is 0 Å². The van der Waals surface area contributed by atoms with Gasteiger partial charge < -0.3 is 9.88 Å². The molecule has 0 saturated carbocycles. The molecule has 3 rings (SSSR count). The highest BCUT2D eigenvalue weighted by Crippen LogP contribution is 2.14. The summed E-state index contributed by atoms with van der Waals surface area (Å²) in [6, 6.07) is 8.81. The standard InChI is InChI=1S/C15H20N4/c1-16-10-13-3-2-4-14(9-13)11-18-7-8-19-6-5-17-15(19)12-18/h2-6,9,16H,7-8,10-12H2,1H3. The Kier molecular flexibility index (Phi) is 3.62. The summed E-state index contributed by atoms with van der Waals surface area (Å²) in [5.41, 5.74) is 2.73. The molecule has 0 amide bonds. The highest BCUT2D eigenvalue weighted by molar-refractivity contribution is 5.23. The zero-order chi connectivity index (χ0) is 13.1. The quantitative estimate of drug-likeness (QED) is 0.902. The van der Waals surface area contributed by atoms with Gasteiger partial charge >= 0.3 is 0 Å². The zero-order valence-corrected chi connectivity index (χ0v) is 11.3. The third-order valence-electron chi connectivity index (χ3n) is 3.60. The van der Waals surface area contributed by atoms with E-state index in [-0.39, 0.29) is 0 Å². The normalized spacial score (nSPS) is 15.4. The lowest BCUT2D eigenvalue weighted by Crippen LogP contribution is -2.33. The van der Waals surface area contributed by atoms with Gasteiger partial charge in [0.1, 0.15) is 5.82 Å². The molecule has 100 valence electrons. The number of benzene rings is 1. The molecule has 4 nitrogen and oxygen atoms in total. The van der Waals surface area contributed by atoms with Gasteiger partial charge in [0.05, 0.1) is 6.54 Å². The molecule has 1 N–H and O–H groups in total. The highest BCUT2D eigenvalue weighted by Gasteiger charge is 2.16. The van der Waals surface area contributed by atoms with E-state index in [4.69, 9.17) is 0 Å². The molecule has 1 aromatic heterocycles. The summed E-state index contributed by atoms with van der Waals surface area (Å²) in [7, 11) is 1.98. The van der Waals surface area contributed by atoms with Gasteiger partial charge in [0.15, 0.2) is 0 Å². The zero-order valence-electron chi connectivity index (χ0n) is 11.3. The maximum atomic E-state index is 4.41. The molecule has 0 saturated heterocycles. The average Bonchev–Trinajstić information content (AvgIpc) is 2.87. The Labute approximate surface area is 114 Å². The van der Waals surface area contributed by atoms with Gasteiger partial charge in [-0.1, -0.05) is 24.3 Å². The molecule has 1 aliphatic rings. The second kappa shape index (κ2) is 5.55. The van der Waals surface area contributed by atoms with E-state index in [9.17, 15) is 0 Å². The molecule has 19 heavy (non-hydrogen) atoms. The maximum absolute atomic E-state index is 4.41. The highest BCUT2D eigenvalue weighted by atomic mass is 15.2. The summed E-state index contributed by atoms with van der Waals surface area (Å²) in [5.74, 6) is 1.18. The minimum atomic E-state index is 0.929. The fraction of sp³-hybridized carbons (Fsp3) is 0.400. The topological polar surface area (TPSA) is 33.1 Å². The number of aromatic nitrogens is 2. The van der Waals surface area contributed by atoms with E-state index in [1.807, 2.05) is 13.2 Å². The lowest BCUT2D eigenvalue weighted by molar-refractivity contribution is 0.209. The number of rotatable bonds is 4. The molecule has 4 heteroatoms. The fourth-order valence-corrected chi connectivity index (χ4v) is 2.66. The summed E-state index contributed by atoms with van der Waals surface area (Å²) in [6.07, 6.45) is 3.96. The van der Waals surface area contributed by atoms with Crippen molar-refractivity contribution in [3.05, 3.63) is 53.6 Å². The Balaban J connectivity index is 1.67. The molecule has 0 radical (unpaired) electrons. The molecule has 0 aliphatic carbocycles. The maximum Gasteiger partial charge on any atom is 0.122 e. The van der Waals surface area contributed by atoms with Crippen LogP contribution < -0.4 is 5.32 Å². The summed E-state index contributed by atoms with van der Waals surface area (Å²) in [5, 5.41) is 3.20. The van der Waals surface area contributed by atoms with Gasteiger partial charge in [-0.3, -0.25) is 4.90 Å². The molecule has 0 unspecified atom stereocenters. The second-order valence-corrected chi connectivity index (χ2v) is 5.10. The van der Waals surface area contributed by atoms with Crippen molar-refractivity contribution in [1.82, 2.24) is 19.8 Å². The largest absolute Gasteiger partial charge is 0.333 e. The van der Waals surface area contributed by atoms with Gasteiger partial charge in [0.2, 0.25) is 0 Å². The lowest BCUT2D eigenvalue weighted by Gasteiger charge is -2.27. The van der Waals surface area contributed by atoms with E-state index >= 15 is 0 Å². The molecular formula is C15H20N4. The fourth-order valence-electron chi connectivity index (χ4n) is 2.66. The smallest absolute Gasteiger partial charge is 0.122 e. The summed E-state index contributed by atoms with van der Waals surface area (Å²) in [6.45, 7) is 5.02. The summed E-state index contributed by atoms with van der Waals surface area (Å²) >= 11 is 0. The molecule has 2 heterocycles. The van der Waals surface area contributed by atoms with Crippen molar-refractivity contribution in [3.8, 4) is 0 Å². The molecule has 0 atom stereocenters. The van der Waals surface area contributed by atoms with Crippen LogP contribution in [0.15, 0.2) is 36.7 Å². The Hall–Kier alpha value is -1.65. The van der Waals surface area contributed by atoms with Crippen LogP contribution in [-0.2, 0) is 26.2 Å². The third-order valence-corrected chi connectivity index (χ3v) is 3.60. The van der Waals surface area contributed by atoms with Crippen LogP contribution in [0.2, 0.25) is 0 Å². The number of imidazole rings is 1. The summed E-state index contributed by atoms with van der Waals surface area (Å²) < 4.78 is 2.24.